The van der Waals surface area contributed by atoms with Gasteiger partial charge in [0.1, 0.15) is 17.5 Å². The SMILES string of the molecule is CN(Cc1nnc2n1CCCCC2)C1CN(c2ccc3nnc(C(C)(C)C)n3n2)C1. The minimum Gasteiger partial charge on any atom is -0.352 e. The molecule has 2 aliphatic heterocycles. The maximum absolute atomic E-state index is 4.83. The maximum Gasteiger partial charge on any atom is 0.178 e. The molecule has 1 fully saturated rings. The van der Waals surface area contributed by atoms with E-state index in [0.29, 0.717) is 6.04 Å². The van der Waals surface area contributed by atoms with E-state index in [2.05, 4.69) is 62.6 Å². The van der Waals surface area contributed by atoms with Crippen LogP contribution in [0.1, 0.15) is 57.5 Å². The number of fused-ring (bicyclic) bond motifs is 2. The Hall–Kier alpha value is -2.55. The summed E-state index contributed by atoms with van der Waals surface area (Å²) in [5.41, 5.74) is 0.698. The summed E-state index contributed by atoms with van der Waals surface area (Å²) in [6.45, 7) is 10.2. The van der Waals surface area contributed by atoms with Crippen molar-refractivity contribution in [3.8, 4) is 0 Å². The lowest BCUT2D eigenvalue weighted by atomic mass is 9.96. The Bertz CT molecular complexity index is 1040. The Kier molecular flexibility index (Phi) is 4.72. The van der Waals surface area contributed by atoms with E-state index in [4.69, 9.17) is 5.10 Å². The number of hydrogen-bond donors (Lipinski definition) is 0. The monoisotopic (exact) mass is 409 g/mol. The summed E-state index contributed by atoms with van der Waals surface area (Å²) in [5.74, 6) is 4.13. The zero-order chi connectivity index (χ0) is 20.9. The largest absolute Gasteiger partial charge is 0.352 e. The van der Waals surface area contributed by atoms with Crippen LogP contribution in [0.2, 0.25) is 0 Å². The van der Waals surface area contributed by atoms with Gasteiger partial charge in [0.2, 0.25) is 0 Å². The van der Waals surface area contributed by atoms with Crippen LogP contribution >= 0.6 is 0 Å². The van der Waals surface area contributed by atoms with Crippen molar-refractivity contribution in [2.75, 3.05) is 25.0 Å². The van der Waals surface area contributed by atoms with Gasteiger partial charge >= 0.3 is 0 Å². The van der Waals surface area contributed by atoms with Gasteiger partial charge in [0.25, 0.3) is 0 Å². The van der Waals surface area contributed by atoms with Gasteiger partial charge in [-0.3, -0.25) is 4.90 Å². The van der Waals surface area contributed by atoms with Crippen LogP contribution in [0.25, 0.3) is 5.65 Å². The number of anilines is 1. The third-order valence-corrected chi connectivity index (χ3v) is 6.31. The first-order valence-corrected chi connectivity index (χ1v) is 11.0. The molecule has 0 radical (unpaired) electrons. The van der Waals surface area contributed by atoms with Crippen LogP contribution in [0.5, 0.6) is 0 Å². The fourth-order valence-corrected chi connectivity index (χ4v) is 4.35. The van der Waals surface area contributed by atoms with E-state index in [0.717, 1.165) is 61.5 Å². The molecule has 5 rings (SSSR count). The van der Waals surface area contributed by atoms with Crippen molar-refractivity contribution < 1.29 is 0 Å². The minimum absolute atomic E-state index is 0.0982. The smallest absolute Gasteiger partial charge is 0.178 e. The molecule has 0 saturated carbocycles. The Balaban J connectivity index is 1.26. The third kappa shape index (κ3) is 3.45. The van der Waals surface area contributed by atoms with Crippen LogP contribution in [-0.4, -0.2) is 65.7 Å². The van der Waals surface area contributed by atoms with Crippen molar-refractivity contribution in [1.82, 2.24) is 39.5 Å². The molecule has 2 aliphatic rings. The minimum atomic E-state index is -0.0982. The summed E-state index contributed by atoms with van der Waals surface area (Å²) in [7, 11) is 2.19. The molecule has 5 heterocycles. The lowest BCUT2D eigenvalue weighted by Gasteiger charge is -2.44. The van der Waals surface area contributed by atoms with Gasteiger partial charge < -0.3 is 9.47 Å². The molecule has 0 bridgehead atoms. The van der Waals surface area contributed by atoms with E-state index in [-0.39, 0.29) is 5.41 Å². The van der Waals surface area contributed by atoms with E-state index in [9.17, 15) is 0 Å². The standard InChI is InChI=1S/C21H31N9/c1-21(2,3)20-25-23-17-9-10-18(26-30(17)20)28-12-15(13-28)27(4)14-19-24-22-16-8-6-5-7-11-29(16)19/h9-10,15H,5-8,11-14H2,1-4H3. The fourth-order valence-electron chi connectivity index (χ4n) is 4.35. The highest BCUT2D eigenvalue weighted by Gasteiger charge is 2.32. The van der Waals surface area contributed by atoms with Crippen molar-refractivity contribution in [1.29, 1.82) is 0 Å². The van der Waals surface area contributed by atoms with E-state index in [1.807, 2.05) is 16.6 Å². The van der Waals surface area contributed by atoms with Gasteiger partial charge in [-0.15, -0.1) is 25.5 Å². The van der Waals surface area contributed by atoms with Crippen LogP contribution in [0.15, 0.2) is 12.1 Å². The normalized spacial score (nSPS) is 18.0. The van der Waals surface area contributed by atoms with Crippen LogP contribution < -0.4 is 4.90 Å². The van der Waals surface area contributed by atoms with Crippen molar-refractivity contribution in [3.05, 3.63) is 29.6 Å². The number of nitrogens with zero attached hydrogens (tertiary/aromatic N) is 9. The molecular weight excluding hydrogens is 378 g/mol. The van der Waals surface area contributed by atoms with Crippen LogP contribution in [0.4, 0.5) is 5.82 Å². The summed E-state index contributed by atoms with van der Waals surface area (Å²) in [5, 5.41) is 22.4. The molecule has 0 aromatic carbocycles. The van der Waals surface area contributed by atoms with Crippen molar-refractivity contribution in [2.45, 2.75) is 71.0 Å². The maximum atomic E-state index is 4.83. The third-order valence-electron chi connectivity index (χ3n) is 6.31. The Labute approximate surface area is 177 Å². The number of likely N-dealkylation sites (N-methyl/N-ethyl adjacent to an activating group) is 1. The molecule has 0 N–H and O–H groups in total. The predicted octanol–water partition coefficient (Wildman–Crippen LogP) is 2.06. The van der Waals surface area contributed by atoms with Gasteiger partial charge in [0, 0.05) is 37.5 Å². The van der Waals surface area contributed by atoms with E-state index < -0.39 is 0 Å². The lowest BCUT2D eigenvalue weighted by Crippen LogP contribution is -2.58. The second kappa shape index (κ2) is 7.30. The quantitative estimate of drug-likeness (QED) is 0.652. The highest BCUT2D eigenvalue weighted by Crippen LogP contribution is 2.25. The predicted molar refractivity (Wildman–Crippen MR) is 115 cm³/mol. The van der Waals surface area contributed by atoms with Gasteiger partial charge in [-0.05, 0) is 32.0 Å². The van der Waals surface area contributed by atoms with Gasteiger partial charge in [0.05, 0.1) is 6.54 Å². The highest BCUT2D eigenvalue weighted by molar-refractivity contribution is 5.48. The Morgan fingerprint density at radius 1 is 1.03 bits per heavy atom. The van der Waals surface area contributed by atoms with Crippen LogP contribution in [-0.2, 0) is 24.9 Å². The van der Waals surface area contributed by atoms with Crippen LogP contribution in [0.3, 0.4) is 0 Å². The summed E-state index contributed by atoms with van der Waals surface area (Å²) in [6.07, 6.45) is 4.80. The molecule has 0 atom stereocenters. The summed E-state index contributed by atoms with van der Waals surface area (Å²) < 4.78 is 4.23. The Morgan fingerprint density at radius 2 is 1.87 bits per heavy atom. The number of aryl methyl sites for hydroxylation is 1. The van der Waals surface area contributed by atoms with Gasteiger partial charge in [-0.1, -0.05) is 27.2 Å². The number of aromatic nitrogens is 7. The first kappa shape index (κ1) is 19.4. The first-order valence-electron chi connectivity index (χ1n) is 11.0. The molecule has 0 spiro atoms. The highest BCUT2D eigenvalue weighted by atomic mass is 15.4. The zero-order valence-corrected chi connectivity index (χ0v) is 18.4. The molecule has 30 heavy (non-hydrogen) atoms. The van der Waals surface area contributed by atoms with Crippen LogP contribution in [0, 0.1) is 0 Å². The van der Waals surface area contributed by atoms with Gasteiger partial charge in [-0.25, -0.2) is 0 Å². The van der Waals surface area contributed by atoms with E-state index in [1.165, 1.54) is 19.3 Å². The Morgan fingerprint density at radius 3 is 2.67 bits per heavy atom. The summed E-state index contributed by atoms with van der Waals surface area (Å²) >= 11 is 0. The first-order chi connectivity index (χ1) is 14.4. The van der Waals surface area contributed by atoms with Crippen molar-refractivity contribution >= 4 is 11.5 Å². The van der Waals surface area contributed by atoms with Gasteiger partial charge in [-0.2, -0.15) is 4.52 Å². The van der Waals surface area contributed by atoms with Crippen molar-refractivity contribution in [2.24, 2.45) is 0 Å². The summed E-state index contributed by atoms with van der Waals surface area (Å²) in [6, 6.07) is 4.54. The number of hydrogen-bond acceptors (Lipinski definition) is 7. The molecule has 0 aliphatic carbocycles. The van der Waals surface area contributed by atoms with Gasteiger partial charge in [0.15, 0.2) is 11.5 Å². The zero-order valence-electron chi connectivity index (χ0n) is 18.4. The summed E-state index contributed by atoms with van der Waals surface area (Å²) in [4.78, 5) is 4.72. The number of rotatable bonds is 4. The topological polar surface area (TPSA) is 80.3 Å². The van der Waals surface area contributed by atoms with Crippen molar-refractivity contribution in [3.63, 3.8) is 0 Å². The molecule has 3 aromatic rings. The molecule has 9 nitrogen and oxygen atoms in total. The lowest BCUT2D eigenvalue weighted by molar-refractivity contribution is 0.189. The molecule has 0 amide bonds. The second-order valence-electron chi connectivity index (χ2n) is 9.70. The average Bonchev–Trinajstić information content (AvgIpc) is 3.17. The molecule has 9 heteroatoms. The second-order valence-corrected chi connectivity index (χ2v) is 9.70. The fraction of sp³-hybridized carbons (Fsp3) is 0.667. The van der Waals surface area contributed by atoms with E-state index >= 15 is 0 Å². The molecular formula is C21H31N9. The average molecular weight is 410 g/mol. The molecule has 160 valence electrons. The molecule has 1 saturated heterocycles. The molecule has 0 unspecified atom stereocenters. The molecule has 3 aromatic heterocycles. The van der Waals surface area contributed by atoms with E-state index in [1.54, 1.807) is 0 Å².